The van der Waals surface area contributed by atoms with Crippen LogP contribution in [0.5, 0.6) is 0 Å². The number of hydrogen-bond acceptors (Lipinski definition) is 6. The van der Waals surface area contributed by atoms with Crippen molar-refractivity contribution in [3.05, 3.63) is 16.4 Å². The minimum Gasteiger partial charge on any atom is -0.364 e. The Morgan fingerprint density at radius 1 is 1.29 bits per heavy atom. The molecule has 7 nitrogen and oxygen atoms in total. The van der Waals surface area contributed by atoms with Gasteiger partial charge in [-0.15, -0.1) is 0 Å². The second-order valence-corrected chi connectivity index (χ2v) is 5.61. The molecule has 2 N–H and O–H groups in total. The van der Waals surface area contributed by atoms with Crippen molar-refractivity contribution in [2.24, 2.45) is 11.8 Å². The third-order valence-corrected chi connectivity index (χ3v) is 4.17. The average Bonchev–Trinajstić information content (AvgIpc) is 2.46. The second kappa shape index (κ2) is 7.19. The summed E-state index contributed by atoms with van der Waals surface area (Å²) in [5.74, 6) is 1.79. The molecule has 0 bridgehead atoms. The van der Waals surface area contributed by atoms with E-state index < -0.39 is 4.92 Å². The Balaban J connectivity index is 2.11. The summed E-state index contributed by atoms with van der Waals surface area (Å²) in [5.41, 5.74) is -0.0668. The van der Waals surface area contributed by atoms with E-state index in [1.165, 1.54) is 32.0 Å². The lowest BCUT2D eigenvalue weighted by molar-refractivity contribution is -0.383. The number of anilines is 2. The van der Waals surface area contributed by atoms with Gasteiger partial charge < -0.3 is 10.6 Å². The van der Waals surface area contributed by atoms with Crippen molar-refractivity contribution in [2.45, 2.75) is 39.5 Å². The van der Waals surface area contributed by atoms with E-state index in [0.717, 1.165) is 6.54 Å². The average molecular weight is 293 g/mol. The summed E-state index contributed by atoms with van der Waals surface area (Å²) in [4.78, 5) is 18.9. The predicted molar refractivity (Wildman–Crippen MR) is 82.5 cm³/mol. The van der Waals surface area contributed by atoms with E-state index in [9.17, 15) is 10.1 Å². The molecule has 1 fully saturated rings. The minimum absolute atomic E-state index is 0.0668. The summed E-state index contributed by atoms with van der Waals surface area (Å²) in [6.07, 6.45) is 6.30. The largest absolute Gasteiger partial charge is 0.364 e. The van der Waals surface area contributed by atoms with Gasteiger partial charge in [0.25, 0.3) is 0 Å². The van der Waals surface area contributed by atoms with E-state index >= 15 is 0 Å². The number of nitrogens with one attached hydrogen (secondary N) is 2. The third kappa shape index (κ3) is 3.80. The van der Waals surface area contributed by atoms with Gasteiger partial charge in [0.1, 0.15) is 6.33 Å². The molecule has 7 heteroatoms. The predicted octanol–water partition coefficient (Wildman–Crippen LogP) is 3.05. The normalized spacial score (nSPS) is 21.8. The van der Waals surface area contributed by atoms with Crippen LogP contribution in [0.1, 0.15) is 39.5 Å². The van der Waals surface area contributed by atoms with E-state index in [2.05, 4.69) is 27.5 Å². The molecule has 1 aromatic heterocycles. The van der Waals surface area contributed by atoms with Crippen LogP contribution >= 0.6 is 0 Å². The van der Waals surface area contributed by atoms with Crippen LogP contribution in [0.15, 0.2) is 6.33 Å². The molecule has 0 aromatic carbocycles. The lowest BCUT2D eigenvalue weighted by Crippen LogP contribution is -2.25. The van der Waals surface area contributed by atoms with Crippen molar-refractivity contribution in [2.75, 3.05) is 23.7 Å². The lowest BCUT2D eigenvalue weighted by Gasteiger charge is -2.28. The zero-order chi connectivity index (χ0) is 15.2. The van der Waals surface area contributed by atoms with Gasteiger partial charge in [-0.05, 0) is 25.2 Å². The maximum absolute atomic E-state index is 11.3. The fourth-order valence-electron chi connectivity index (χ4n) is 2.90. The molecule has 0 saturated heterocycles. The Morgan fingerprint density at radius 2 is 1.95 bits per heavy atom. The van der Waals surface area contributed by atoms with E-state index in [-0.39, 0.29) is 11.5 Å². The van der Waals surface area contributed by atoms with Crippen LogP contribution in [0, 0.1) is 22.0 Å². The first kappa shape index (κ1) is 15.5. The van der Waals surface area contributed by atoms with E-state index in [0.29, 0.717) is 24.2 Å². The zero-order valence-electron chi connectivity index (χ0n) is 12.6. The molecule has 1 aliphatic carbocycles. The highest BCUT2D eigenvalue weighted by Crippen LogP contribution is 2.32. The molecule has 116 valence electrons. The van der Waals surface area contributed by atoms with Gasteiger partial charge in [-0.1, -0.05) is 26.2 Å². The van der Waals surface area contributed by atoms with Crippen molar-refractivity contribution in [3.63, 3.8) is 0 Å². The number of nitro groups is 1. The highest BCUT2D eigenvalue weighted by Gasteiger charge is 2.25. The first-order valence-electron chi connectivity index (χ1n) is 7.60. The van der Waals surface area contributed by atoms with Crippen LogP contribution in [0.2, 0.25) is 0 Å². The number of rotatable bonds is 6. The number of hydrogen-bond donors (Lipinski definition) is 2. The van der Waals surface area contributed by atoms with Gasteiger partial charge >= 0.3 is 5.69 Å². The van der Waals surface area contributed by atoms with Crippen LogP contribution in [0.4, 0.5) is 17.3 Å². The van der Waals surface area contributed by atoms with Gasteiger partial charge in [-0.3, -0.25) is 10.1 Å². The van der Waals surface area contributed by atoms with Gasteiger partial charge in [0.2, 0.25) is 11.6 Å². The lowest BCUT2D eigenvalue weighted by atomic mass is 9.80. The van der Waals surface area contributed by atoms with Gasteiger partial charge in [0.15, 0.2) is 0 Å². The summed E-state index contributed by atoms with van der Waals surface area (Å²) in [5, 5.41) is 17.4. The van der Waals surface area contributed by atoms with Crippen LogP contribution in [-0.4, -0.2) is 28.0 Å². The third-order valence-electron chi connectivity index (χ3n) is 4.17. The molecule has 2 atom stereocenters. The molecule has 1 heterocycles. The molecule has 2 rings (SSSR count). The summed E-state index contributed by atoms with van der Waals surface area (Å²) in [7, 11) is 0. The summed E-state index contributed by atoms with van der Waals surface area (Å²) >= 11 is 0. The SMILES string of the molecule is CCNc1ncnc(NCC2CCCCC2C)c1[N+](=O)[O-]. The molecule has 0 radical (unpaired) electrons. The van der Waals surface area contributed by atoms with E-state index in [1.54, 1.807) is 0 Å². The monoisotopic (exact) mass is 293 g/mol. The van der Waals surface area contributed by atoms with Crippen molar-refractivity contribution in [1.82, 2.24) is 9.97 Å². The van der Waals surface area contributed by atoms with Crippen LogP contribution in [0.25, 0.3) is 0 Å². The molecule has 1 aliphatic rings. The van der Waals surface area contributed by atoms with E-state index in [1.807, 2.05) is 6.92 Å². The Morgan fingerprint density at radius 3 is 2.57 bits per heavy atom. The molecular formula is C14H23N5O2. The summed E-state index contributed by atoms with van der Waals surface area (Å²) in [6.45, 7) is 5.44. The Hall–Kier alpha value is -1.92. The molecule has 1 saturated carbocycles. The van der Waals surface area contributed by atoms with Gasteiger partial charge in [0.05, 0.1) is 4.92 Å². The van der Waals surface area contributed by atoms with Crippen molar-refractivity contribution in [1.29, 1.82) is 0 Å². The van der Waals surface area contributed by atoms with Crippen LogP contribution < -0.4 is 10.6 Å². The van der Waals surface area contributed by atoms with Crippen LogP contribution in [-0.2, 0) is 0 Å². The summed E-state index contributed by atoms with van der Waals surface area (Å²) in [6, 6.07) is 0. The summed E-state index contributed by atoms with van der Waals surface area (Å²) < 4.78 is 0. The molecule has 0 amide bonds. The Labute approximate surface area is 124 Å². The fourth-order valence-corrected chi connectivity index (χ4v) is 2.90. The smallest absolute Gasteiger partial charge is 0.353 e. The molecule has 0 spiro atoms. The van der Waals surface area contributed by atoms with Crippen LogP contribution in [0.3, 0.4) is 0 Å². The Bertz CT molecular complexity index is 494. The quantitative estimate of drug-likeness (QED) is 0.618. The minimum atomic E-state index is -0.426. The van der Waals surface area contributed by atoms with Gasteiger partial charge in [0, 0.05) is 13.1 Å². The van der Waals surface area contributed by atoms with Crippen molar-refractivity contribution >= 4 is 17.3 Å². The first-order chi connectivity index (χ1) is 10.1. The highest BCUT2D eigenvalue weighted by molar-refractivity contribution is 5.69. The standard InChI is InChI=1S/C14H23N5O2/c1-3-15-13-12(19(20)21)14(18-9-17-13)16-8-11-7-5-4-6-10(11)2/h9-11H,3-8H2,1-2H3,(H2,15,16,17,18). The number of nitrogens with zero attached hydrogens (tertiary/aromatic N) is 3. The maximum atomic E-state index is 11.3. The Kier molecular flexibility index (Phi) is 5.30. The molecule has 0 aliphatic heterocycles. The van der Waals surface area contributed by atoms with E-state index in [4.69, 9.17) is 0 Å². The highest BCUT2D eigenvalue weighted by atomic mass is 16.6. The van der Waals surface area contributed by atoms with Gasteiger partial charge in [-0.2, -0.15) is 0 Å². The van der Waals surface area contributed by atoms with Gasteiger partial charge in [-0.25, -0.2) is 9.97 Å². The maximum Gasteiger partial charge on any atom is 0.353 e. The number of aromatic nitrogens is 2. The topological polar surface area (TPSA) is 93.0 Å². The molecule has 1 aromatic rings. The molecule has 2 unspecified atom stereocenters. The fraction of sp³-hybridized carbons (Fsp3) is 0.714. The van der Waals surface area contributed by atoms with Crippen molar-refractivity contribution < 1.29 is 4.92 Å². The second-order valence-electron chi connectivity index (χ2n) is 5.61. The molecular weight excluding hydrogens is 270 g/mol. The zero-order valence-corrected chi connectivity index (χ0v) is 12.6. The first-order valence-corrected chi connectivity index (χ1v) is 7.60. The van der Waals surface area contributed by atoms with Crippen molar-refractivity contribution in [3.8, 4) is 0 Å². The molecule has 21 heavy (non-hydrogen) atoms.